The first kappa shape index (κ1) is 16.3. The van der Waals surface area contributed by atoms with E-state index < -0.39 is 6.04 Å². The van der Waals surface area contributed by atoms with Crippen molar-refractivity contribution in [2.24, 2.45) is 0 Å². The van der Waals surface area contributed by atoms with Crippen LogP contribution in [0.3, 0.4) is 0 Å². The van der Waals surface area contributed by atoms with E-state index in [1.54, 1.807) is 4.90 Å². The molecule has 1 aliphatic rings. The Morgan fingerprint density at radius 3 is 2.42 bits per heavy atom. The van der Waals surface area contributed by atoms with Gasteiger partial charge in [0.1, 0.15) is 6.04 Å². The number of carbonyl (C=O) groups excluding carboxylic acids is 2. The van der Waals surface area contributed by atoms with E-state index in [0.717, 1.165) is 21.9 Å². The van der Waals surface area contributed by atoms with Gasteiger partial charge in [-0.1, -0.05) is 60.7 Å². The highest BCUT2D eigenvalue weighted by atomic mass is 16.5. The van der Waals surface area contributed by atoms with Crippen molar-refractivity contribution in [1.29, 1.82) is 0 Å². The average molecular weight is 345 g/mol. The van der Waals surface area contributed by atoms with Crippen LogP contribution in [0.15, 0.2) is 66.7 Å². The van der Waals surface area contributed by atoms with Gasteiger partial charge >= 0.3 is 5.97 Å². The van der Waals surface area contributed by atoms with Crippen LogP contribution in [-0.4, -0.2) is 29.9 Å². The molecule has 3 aromatic rings. The molecule has 0 aliphatic carbocycles. The molecule has 1 heterocycles. The monoisotopic (exact) mass is 345 g/mol. The second-order valence-electron chi connectivity index (χ2n) is 6.47. The summed E-state index contributed by atoms with van der Waals surface area (Å²) in [6, 6.07) is 20.8. The quantitative estimate of drug-likeness (QED) is 0.667. The fourth-order valence-electron chi connectivity index (χ4n) is 3.65. The van der Waals surface area contributed by atoms with Gasteiger partial charge in [-0.25, -0.2) is 4.79 Å². The number of methoxy groups -OCH3 is 1. The third-order valence-electron chi connectivity index (χ3n) is 5.00. The number of ether oxygens (including phenoxy) is 1. The standard InChI is InChI=1S/C22H19NO3/c1-26-22(25)20-13-16-8-2-3-9-17(16)14-23(20)21(24)19-12-6-10-15-7-4-5-11-18(15)19/h2-12,20H,13-14H2,1H3. The molecule has 0 bridgehead atoms. The first-order chi connectivity index (χ1) is 12.7. The Hall–Kier alpha value is -3.14. The second-order valence-corrected chi connectivity index (χ2v) is 6.47. The summed E-state index contributed by atoms with van der Waals surface area (Å²) in [5.74, 6) is -0.528. The summed E-state index contributed by atoms with van der Waals surface area (Å²) >= 11 is 0. The van der Waals surface area contributed by atoms with Gasteiger partial charge in [-0.2, -0.15) is 0 Å². The van der Waals surface area contributed by atoms with Crippen LogP contribution in [-0.2, 0) is 22.5 Å². The molecule has 0 fully saturated rings. The minimum atomic E-state index is -0.610. The van der Waals surface area contributed by atoms with E-state index in [-0.39, 0.29) is 11.9 Å². The van der Waals surface area contributed by atoms with E-state index in [1.165, 1.54) is 7.11 Å². The SMILES string of the molecule is COC(=O)C1Cc2ccccc2CN1C(=O)c1cccc2ccccc12. The van der Waals surface area contributed by atoms with Crippen molar-refractivity contribution in [3.63, 3.8) is 0 Å². The molecule has 4 rings (SSSR count). The number of rotatable bonds is 2. The van der Waals surface area contributed by atoms with Crippen LogP contribution in [0.25, 0.3) is 10.8 Å². The predicted octanol–water partition coefficient (Wildman–Crippen LogP) is 3.58. The van der Waals surface area contributed by atoms with E-state index >= 15 is 0 Å². The molecule has 0 radical (unpaired) electrons. The Labute approximate surface area is 152 Å². The smallest absolute Gasteiger partial charge is 0.328 e. The lowest BCUT2D eigenvalue weighted by Crippen LogP contribution is -2.49. The lowest BCUT2D eigenvalue weighted by molar-refractivity contribution is -0.146. The van der Waals surface area contributed by atoms with Gasteiger partial charge in [-0.05, 0) is 28.0 Å². The first-order valence-corrected chi connectivity index (χ1v) is 8.62. The summed E-state index contributed by atoms with van der Waals surface area (Å²) in [7, 11) is 1.36. The van der Waals surface area contributed by atoms with Crippen LogP contribution in [0, 0.1) is 0 Å². The van der Waals surface area contributed by atoms with Gasteiger partial charge in [0, 0.05) is 18.5 Å². The maximum atomic E-state index is 13.4. The molecular formula is C22H19NO3. The molecule has 4 heteroatoms. The molecule has 1 amide bonds. The van der Waals surface area contributed by atoms with E-state index in [2.05, 4.69) is 0 Å². The lowest BCUT2D eigenvalue weighted by Gasteiger charge is -2.35. The molecular weight excluding hydrogens is 326 g/mol. The number of benzene rings is 3. The summed E-state index contributed by atoms with van der Waals surface area (Å²) < 4.78 is 4.98. The third kappa shape index (κ3) is 2.73. The molecule has 1 unspecified atom stereocenters. The molecule has 130 valence electrons. The largest absolute Gasteiger partial charge is 0.467 e. The van der Waals surface area contributed by atoms with Crippen LogP contribution in [0.1, 0.15) is 21.5 Å². The van der Waals surface area contributed by atoms with Gasteiger partial charge in [0.05, 0.1) is 7.11 Å². The Morgan fingerprint density at radius 2 is 1.62 bits per heavy atom. The number of amides is 1. The molecule has 0 saturated heterocycles. The highest BCUT2D eigenvalue weighted by Crippen LogP contribution is 2.28. The molecule has 0 N–H and O–H groups in total. The topological polar surface area (TPSA) is 46.6 Å². The highest BCUT2D eigenvalue weighted by molar-refractivity contribution is 6.08. The van der Waals surface area contributed by atoms with E-state index in [9.17, 15) is 9.59 Å². The summed E-state index contributed by atoms with van der Waals surface area (Å²) in [6.45, 7) is 0.401. The van der Waals surface area contributed by atoms with Crippen molar-refractivity contribution in [2.75, 3.05) is 7.11 Å². The zero-order valence-electron chi connectivity index (χ0n) is 14.5. The summed E-state index contributed by atoms with van der Waals surface area (Å²) in [4.78, 5) is 27.4. The Balaban J connectivity index is 1.78. The van der Waals surface area contributed by atoms with Crippen molar-refractivity contribution in [3.8, 4) is 0 Å². The number of fused-ring (bicyclic) bond motifs is 2. The highest BCUT2D eigenvalue weighted by Gasteiger charge is 2.36. The average Bonchev–Trinajstić information content (AvgIpc) is 2.71. The summed E-state index contributed by atoms with van der Waals surface area (Å²) in [5.41, 5.74) is 2.77. The number of hydrogen-bond acceptors (Lipinski definition) is 3. The normalized spacial score (nSPS) is 16.2. The minimum Gasteiger partial charge on any atom is -0.467 e. The van der Waals surface area contributed by atoms with Crippen molar-refractivity contribution in [3.05, 3.63) is 83.4 Å². The van der Waals surface area contributed by atoms with E-state index in [1.807, 2.05) is 66.7 Å². The fraction of sp³-hybridized carbons (Fsp3) is 0.182. The van der Waals surface area contributed by atoms with Gasteiger partial charge < -0.3 is 9.64 Å². The van der Waals surface area contributed by atoms with Crippen molar-refractivity contribution >= 4 is 22.6 Å². The summed E-state index contributed by atoms with van der Waals surface area (Å²) in [5, 5.41) is 1.90. The Morgan fingerprint density at radius 1 is 0.923 bits per heavy atom. The Bertz CT molecular complexity index is 990. The van der Waals surface area contributed by atoms with Crippen LogP contribution >= 0.6 is 0 Å². The zero-order valence-corrected chi connectivity index (χ0v) is 14.5. The molecule has 4 nitrogen and oxygen atoms in total. The Kier molecular flexibility index (Phi) is 4.17. The van der Waals surface area contributed by atoms with Gasteiger partial charge in [0.2, 0.25) is 0 Å². The molecule has 1 aliphatic heterocycles. The van der Waals surface area contributed by atoms with Crippen molar-refractivity contribution in [1.82, 2.24) is 4.90 Å². The fourth-order valence-corrected chi connectivity index (χ4v) is 3.65. The maximum absolute atomic E-state index is 13.4. The van der Waals surface area contributed by atoms with E-state index in [0.29, 0.717) is 18.5 Å². The van der Waals surface area contributed by atoms with Crippen LogP contribution in [0.2, 0.25) is 0 Å². The predicted molar refractivity (Wildman–Crippen MR) is 99.8 cm³/mol. The number of nitrogens with zero attached hydrogens (tertiary/aromatic N) is 1. The van der Waals surface area contributed by atoms with Gasteiger partial charge in [0.15, 0.2) is 0 Å². The second kappa shape index (κ2) is 6.64. The van der Waals surface area contributed by atoms with Crippen LogP contribution in [0.5, 0.6) is 0 Å². The minimum absolute atomic E-state index is 0.147. The molecule has 0 spiro atoms. The van der Waals surface area contributed by atoms with Gasteiger partial charge in [0.25, 0.3) is 5.91 Å². The third-order valence-corrected chi connectivity index (χ3v) is 5.00. The molecule has 0 aromatic heterocycles. The molecule has 1 atom stereocenters. The lowest BCUT2D eigenvalue weighted by atomic mass is 9.92. The number of esters is 1. The van der Waals surface area contributed by atoms with Crippen molar-refractivity contribution in [2.45, 2.75) is 19.0 Å². The van der Waals surface area contributed by atoms with Gasteiger partial charge in [-0.15, -0.1) is 0 Å². The molecule has 0 saturated carbocycles. The molecule has 3 aromatic carbocycles. The van der Waals surface area contributed by atoms with E-state index in [4.69, 9.17) is 4.74 Å². The zero-order chi connectivity index (χ0) is 18.1. The van der Waals surface area contributed by atoms with Gasteiger partial charge in [-0.3, -0.25) is 4.79 Å². The van der Waals surface area contributed by atoms with Crippen LogP contribution in [0.4, 0.5) is 0 Å². The van der Waals surface area contributed by atoms with Crippen LogP contribution < -0.4 is 0 Å². The number of carbonyl (C=O) groups is 2. The first-order valence-electron chi connectivity index (χ1n) is 8.62. The maximum Gasteiger partial charge on any atom is 0.328 e. The number of hydrogen-bond donors (Lipinski definition) is 0. The van der Waals surface area contributed by atoms with Crippen molar-refractivity contribution < 1.29 is 14.3 Å². The summed E-state index contributed by atoms with van der Waals surface area (Å²) in [6.07, 6.45) is 0.472. The molecule has 26 heavy (non-hydrogen) atoms.